The minimum atomic E-state index is 0. The summed E-state index contributed by atoms with van der Waals surface area (Å²) in [6.45, 7) is 3.24. The Balaban J connectivity index is 0.00000261. The minimum absolute atomic E-state index is 0. The average molecular weight is 486 g/mol. The maximum absolute atomic E-state index is 12.3. The molecule has 0 unspecified atom stereocenters. The highest BCUT2D eigenvalue weighted by Crippen LogP contribution is 2.37. The van der Waals surface area contributed by atoms with Crippen LogP contribution < -0.4 is 10.6 Å². The van der Waals surface area contributed by atoms with Crippen molar-refractivity contribution in [3.8, 4) is 0 Å². The van der Waals surface area contributed by atoms with Gasteiger partial charge < -0.3 is 20.0 Å². The van der Waals surface area contributed by atoms with Gasteiger partial charge in [-0.25, -0.2) is 0 Å². The first-order chi connectivity index (χ1) is 12.5. The van der Waals surface area contributed by atoms with E-state index < -0.39 is 0 Å². The number of amides is 1. The normalized spacial score (nSPS) is 19.9. The number of rotatable bonds is 5. The summed E-state index contributed by atoms with van der Waals surface area (Å²) in [5.41, 5.74) is 2.19. The fraction of sp³-hybridized carbons (Fsp3) is 0.500. The highest BCUT2D eigenvalue weighted by molar-refractivity contribution is 14.0. The third kappa shape index (κ3) is 4.63. The molecular formula is C18H27IN6O2. The third-order valence-corrected chi connectivity index (χ3v) is 5.05. The van der Waals surface area contributed by atoms with Crippen LogP contribution in [0.25, 0.3) is 0 Å². The number of aryl methyl sites for hydroxylation is 1. The smallest absolute Gasteiger partial charge is 0.223 e. The van der Waals surface area contributed by atoms with Crippen molar-refractivity contribution >= 4 is 35.8 Å². The van der Waals surface area contributed by atoms with Crippen LogP contribution in [-0.4, -0.2) is 47.2 Å². The van der Waals surface area contributed by atoms with Gasteiger partial charge in [-0.15, -0.1) is 24.0 Å². The van der Waals surface area contributed by atoms with Crippen LogP contribution >= 0.6 is 24.0 Å². The van der Waals surface area contributed by atoms with E-state index in [1.807, 2.05) is 48.9 Å². The number of halogens is 1. The zero-order valence-corrected chi connectivity index (χ0v) is 18.4. The number of hydrogen-bond donors (Lipinski definition) is 2. The molecule has 8 nitrogen and oxygen atoms in total. The second-order valence-corrected chi connectivity index (χ2v) is 6.61. The molecule has 2 aromatic rings. The van der Waals surface area contributed by atoms with Crippen molar-refractivity contribution in [2.75, 3.05) is 20.6 Å². The van der Waals surface area contributed by atoms with Gasteiger partial charge in [-0.05, 0) is 19.1 Å². The zero-order valence-electron chi connectivity index (χ0n) is 16.1. The summed E-state index contributed by atoms with van der Waals surface area (Å²) in [5.74, 6) is 1.83. The summed E-state index contributed by atoms with van der Waals surface area (Å²) in [4.78, 5) is 18.4. The third-order valence-electron chi connectivity index (χ3n) is 5.05. The quantitative estimate of drug-likeness (QED) is 0.383. The molecule has 0 aliphatic carbocycles. The highest BCUT2D eigenvalue weighted by Gasteiger charge is 2.39. The van der Waals surface area contributed by atoms with Gasteiger partial charge in [0.1, 0.15) is 5.76 Å². The van der Waals surface area contributed by atoms with Gasteiger partial charge in [0, 0.05) is 51.3 Å². The number of nitrogens with zero attached hydrogens (tertiary/aromatic N) is 4. The maximum Gasteiger partial charge on any atom is 0.223 e. The molecule has 0 spiro atoms. The number of aliphatic imine (C=N–C) groups is 1. The second-order valence-electron chi connectivity index (χ2n) is 6.61. The molecule has 0 saturated carbocycles. The van der Waals surface area contributed by atoms with Crippen molar-refractivity contribution < 1.29 is 9.21 Å². The predicted molar refractivity (Wildman–Crippen MR) is 114 cm³/mol. The van der Waals surface area contributed by atoms with Gasteiger partial charge >= 0.3 is 0 Å². The van der Waals surface area contributed by atoms with E-state index in [4.69, 9.17) is 4.42 Å². The molecule has 1 amide bonds. The Morgan fingerprint density at radius 3 is 2.78 bits per heavy atom. The molecule has 3 rings (SSSR count). The number of aromatic nitrogens is 2. The number of likely N-dealkylation sites (tertiary alicyclic amines) is 1. The molecule has 0 bridgehead atoms. The van der Waals surface area contributed by atoms with Crippen molar-refractivity contribution in [2.45, 2.75) is 25.9 Å². The summed E-state index contributed by atoms with van der Waals surface area (Å²) in [7, 11) is 5.51. The summed E-state index contributed by atoms with van der Waals surface area (Å²) in [5, 5.41) is 10.9. The molecule has 9 heteroatoms. The lowest BCUT2D eigenvalue weighted by atomic mass is 9.94. The largest absolute Gasteiger partial charge is 0.467 e. The maximum atomic E-state index is 12.3. The number of hydrogen-bond acceptors (Lipinski definition) is 4. The van der Waals surface area contributed by atoms with Crippen molar-refractivity contribution in [2.24, 2.45) is 18.0 Å². The van der Waals surface area contributed by atoms with Crippen LogP contribution in [0.3, 0.4) is 0 Å². The number of carbonyl (C=O) groups is 1. The van der Waals surface area contributed by atoms with Crippen LogP contribution in [0.15, 0.2) is 34.0 Å². The lowest BCUT2D eigenvalue weighted by Crippen LogP contribution is -2.40. The SMILES string of the molecule is CN=C(NCc1ccco1)NC[C@@H]1CC(=O)N(C)[C@H]1c1cnn(C)c1C.I. The first-order valence-corrected chi connectivity index (χ1v) is 8.72. The standard InChI is InChI=1S/C18H26N6O2.HI/c1-12-15(11-22-24(12)4)17-13(8-16(25)23(17)3)9-20-18(19-2)21-10-14-6-5-7-26-14;/h5-7,11,13,17H,8-10H2,1-4H3,(H2,19,20,21);1H/t13-,17+;/m0./s1. The van der Waals surface area contributed by atoms with Crippen LogP contribution in [-0.2, 0) is 18.4 Å². The molecule has 1 aliphatic rings. The number of guanidine groups is 1. The van der Waals surface area contributed by atoms with E-state index in [1.54, 1.807) is 13.3 Å². The lowest BCUT2D eigenvalue weighted by molar-refractivity contribution is -0.127. The van der Waals surface area contributed by atoms with Gasteiger partial charge in [-0.3, -0.25) is 14.5 Å². The molecule has 1 fully saturated rings. The summed E-state index contributed by atoms with van der Waals surface area (Å²) < 4.78 is 7.17. The zero-order chi connectivity index (χ0) is 18.7. The summed E-state index contributed by atoms with van der Waals surface area (Å²) >= 11 is 0. The molecule has 0 aromatic carbocycles. The van der Waals surface area contributed by atoms with Gasteiger partial charge in [-0.2, -0.15) is 5.10 Å². The van der Waals surface area contributed by atoms with Crippen LogP contribution in [0.5, 0.6) is 0 Å². The topological polar surface area (TPSA) is 87.7 Å². The summed E-state index contributed by atoms with van der Waals surface area (Å²) in [6.07, 6.45) is 4.03. The Morgan fingerprint density at radius 1 is 1.41 bits per heavy atom. The van der Waals surface area contributed by atoms with Gasteiger partial charge in [0.15, 0.2) is 5.96 Å². The molecule has 2 aromatic heterocycles. The molecule has 2 atom stereocenters. The van der Waals surface area contributed by atoms with E-state index >= 15 is 0 Å². The van der Waals surface area contributed by atoms with Crippen molar-refractivity contribution in [3.63, 3.8) is 0 Å². The Morgan fingerprint density at radius 2 is 2.19 bits per heavy atom. The predicted octanol–water partition coefficient (Wildman–Crippen LogP) is 1.82. The van der Waals surface area contributed by atoms with Crippen LogP contribution in [0, 0.1) is 12.8 Å². The van der Waals surface area contributed by atoms with Gasteiger partial charge in [-0.1, -0.05) is 0 Å². The Bertz CT molecular complexity index is 786. The first kappa shape index (κ1) is 21.3. The average Bonchev–Trinajstić information content (AvgIpc) is 3.32. The van der Waals surface area contributed by atoms with Gasteiger partial charge in [0.05, 0.1) is 25.0 Å². The van der Waals surface area contributed by atoms with E-state index in [2.05, 4.69) is 20.7 Å². The minimum Gasteiger partial charge on any atom is -0.467 e. The fourth-order valence-corrected chi connectivity index (χ4v) is 3.44. The van der Waals surface area contributed by atoms with E-state index in [-0.39, 0.29) is 41.8 Å². The molecule has 1 saturated heterocycles. The molecule has 148 valence electrons. The second kappa shape index (κ2) is 9.25. The van der Waals surface area contributed by atoms with E-state index in [9.17, 15) is 4.79 Å². The van der Waals surface area contributed by atoms with Crippen molar-refractivity contribution in [3.05, 3.63) is 41.6 Å². The molecular weight excluding hydrogens is 459 g/mol. The Hall–Kier alpha value is -2.04. The first-order valence-electron chi connectivity index (χ1n) is 8.72. The highest BCUT2D eigenvalue weighted by atomic mass is 127. The fourth-order valence-electron chi connectivity index (χ4n) is 3.44. The van der Waals surface area contributed by atoms with Gasteiger partial charge in [0.2, 0.25) is 5.91 Å². The van der Waals surface area contributed by atoms with E-state index in [0.29, 0.717) is 25.5 Å². The van der Waals surface area contributed by atoms with Crippen LogP contribution in [0.4, 0.5) is 0 Å². The molecule has 27 heavy (non-hydrogen) atoms. The van der Waals surface area contributed by atoms with Crippen molar-refractivity contribution in [1.29, 1.82) is 0 Å². The Labute approximate surface area is 176 Å². The molecule has 0 radical (unpaired) electrons. The summed E-state index contributed by atoms with van der Waals surface area (Å²) in [6, 6.07) is 3.78. The van der Waals surface area contributed by atoms with E-state index in [0.717, 1.165) is 17.0 Å². The van der Waals surface area contributed by atoms with Gasteiger partial charge in [0.25, 0.3) is 0 Å². The van der Waals surface area contributed by atoms with E-state index in [1.165, 1.54) is 0 Å². The number of carbonyl (C=O) groups excluding carboxylic acids is 1. The Kier molecular flexibility index (Phi) is 7.28. The monoisotopic (exact) mass is 486 g/mol. The number of furan rings is 1. The van der Waals surface area contributed by atoms with Crippen molar-refractivity contribution in [1.82, 2.24) is 25.3 Å². The molecule has 3 heterocycles. The molecule has 1 aliphatic heterocycles. The lowest BCUT2D eigenvalue weighted by Gasteiger charge is -2.25. The van der Waals surface area contributed by atoms with Crippen LogP contribution in [0.1, 0.15) is 29.5 Å². The number of nitrogens with one attached hydrogen (secondary N) is 2. The molecule has 2 N–H and O–H groups in total. The van der Waals surface area contributed by atoms with Crippen LogP contribution in [0.2, 0.25) is 0 Å².